The van der Waals surface area contributed by atoms with E-state index in [1.54, 1.807) is 0 Å². The van der Waals surface area contributed by atoms with Gasteiger partial charge in [-0.05, 0) is 37.0 Å². The summed E-state index contributed by atoms with van der Waals surface area (Å²) < 4.78 is 3.08. The van der Waals surface area contributed by atoms with Crippen molar-refractivity contribution in [2.24, 2.45) is 5.92 Å². The van der Waals surface area contributed by atoms with E-state index in [4.69, 9.17) is 0 Å². The van der Waals surface area contributed by atoms with Crippen molar-refractivity contribution in [3.63, 3.8) is 0 Å². The molecule has 0 unspecified atom stereocenters. The molecule has 1 N–H and O–H groups in total. The van der Waals surface area contributed by atoms with Crippen LogP contribution >= 0.6 is 15.9 Å². The van der Waals surface area contributed by atoms with Gasteiger partial charge in [0.2, 0.25) is 0 Å². The van der Waals surface area contributed by atoms with Gasteiger partial charge < -0.3 is 5.11 Å². The van der Waals surface area contributed by atoms with Crippen LogP contribution in [-0.2, 0) is 13.2 Å². The Morgan fingerprint density at radius 1 is 1.41 bits per heavy atom. The Balaban J connectivity index is 2.04. The van der Waals surface area contributed by atoms with Crippen molar-refractivity contribution in [1.82, 2.24) is 9.78 Å². The molecule has 1 aromatic carbocycles. The predicted octanol–water partition coefficient (Wildman–Crippen LogP) is 3.09. The summed E-state index contributed by atoms with van der Waals surface area (Å²) in [4.78, 5) is 0. The number of aliphatic hydroxyl groups excluding tert-OH is 1. The fourth-order valence-electron chi connectivity index (χ4n) is 2.39. The van der Waals surface area contributed by atoms with Crippen molar-refractivity contribution < 1.29 is 5.11 Å². The van der Waals surface area contributed by atoms with Gasteiger partial charge in [-0.15, -0.1) is 0 Å². The molecule has 0 radical (unpaired) electrons. The average Bonchev–Trinajstić information content (AvgIpc) is 2.61. The van der Waals surface area contributed by atoms with Gasteiger partial charge in [-0.2, -0.15) is 5.10 Å². The van der Waals surface area contributed by atoms with Crippen LogP contribution in [0.1, 0.15) is 25.0 Å². The first-order chi connectivity index (χ1) is 8.28. The highest BCUT2D eigenvalue weighted by Crippen LogP contribution is 2.30. The lowest BCUT2D eigenvalue weighted by molar-refractivity contribution is 0.259. The monoisotopic (exact) mass is 294 g/mol. The summed E-state index contributed by atoms with van der Waals surface area (Å²) in [7, 11) is 0. The first-order valence-electron chi connectivity index (χ1n) is 6.03. The number of aromatic nitrogens is 2. The first kappa shape index (κ1) is 11.2. The molecule has 1 aliphatic carbocycles. The third kappa shape index (κ3) is 2.00. The van der Waals surface area contributed by atoms with Crippen LogP contribution in [0.4, 0.5) is 0 Å². The molecule has 0 atom stereocenters. The van der Waals surface area contributed by atoms with Crippen LogP contribution < -0.4 is 0 Å². The number of hydrogen-bond donors (Lipinski definition) is 1. The standard InChI is InChI=1S/C13H15BrN2O/c14-10-4-5-13-11(6-10)12(8-17)15-16(13)7-9-2-1-3-9/h4-6,9,17H,1-3,7-8H2. The highest BCUT2D eigenvalue weighted by Gasteiger charge is 2.20. The van der Waals surface area contributed by atoms with Crippen molar-refractivity contribution in [3.8, 4) is 0 Å². The molecule has 1 aromatic heterocycles. The maximum Gasteiger partial charge on any atom is 0.0957 e. The number of nitrogens with zero attached hydrogens (tertiary/aromatic N) is 2. The van der Waals surface area contributed by atoms with Gasteiger partial charge in [0.25, 0.3) is 0 Å². The molecule has 17 heavy (non-hydrogen) atoms. The van der Waals surface area contributed by atoms with E-state index in [-0.39, 0.29) is 6.61 Å². The SMILES string of the molecule is OCc1nn(CC2CCC2)c2ccc(Br)cc12. The van der Waals surface area contributed by atoms with E-state index in [0.717, 1.165) is 33.5 Å². The molecule has 3 rings (SSSR count). The lowest BCUT2D eigenvalue weighted by atomic mass is 9.85. The maximum atomic E-state index is 9.35. The van der Waals surface area contributed by atoms with Crippen LogP contribution in [0.15, 0.2) is 22.7 Å². The van der Waals surface area contributed by atoms with E-state index in [2.05, 4.69) is 31.8 Å². The number of benzene rings is 1. The Morgan fingerprint density at radius 2 is 2.24 bits per heavy atom. The number of halogens is 1. The Hall–Kier alpha value is -0.870. The minimum Gasteiger partial charge on any atom is -0.390 e. The van der Waals surface area contributed by atoms with Gasteiger partial charge in [-0.1, -0.05) is 22.4 Å². The number of aliphatic hydroxyl groups is 1. The molecule has 0 aliphatic heterocycles. The molecule has 2 aromatic rings. The molecule has 1 aliphatic rings. The van der Waals surface area contributed by atoms with E-state index in [1.165, 1.54) is 19.3 Å². The topological polar surface area (TPSA) is 38.1 Å². The van der Waals surface area contributed by atoms with Crippen molar-refractivity contribution in [2.75, 3.05) is 0 Å². The molecule has 1 saturated carbocycles. The van der Waals surface area contributed by atoms with Gasteiger partial charge in [-0.3, -0.25) is 4.68 Å². The molecule has 0 spiro atoms. The van der Waals surface area contributed by atoms with Crippen LogP contribution in [0.3, 0.4) is 0 Å². The van der Waals surface area contributed by atoms with Crippen LogP contribution in [0, 0.1) is 5.92 Å². The molecule has 1 heterocycles. The summed E-state index contributed by atoms with van der Waals surface area (Å²) in [6.45, 7) is 0.989. The molecule has 0 amide bonds. The summed E-state index contributed by atoms with van der Waals surface area (Å²) in [5.74, 6) is 0.772. The third-order valence-corrected chi connectivity index (χ3v) is 4.09. The number of fused-ring (bicyclic) bond motifs is 1. The summed E-state index contributed by atoms with van der Waals surface area (Å²) >= 11 is 3.46. The van der Waals surface area contributed by atoms with Crippen molar-refractivity contribution in [1.29, 1.82) is 0 Å². The third-order valence-electron chi connectivity index (χ3n) is 3.59. The van der Waals surface area contributed by atoms with Crippen LogP contribution in [0.2, 0.25) is 0 Å². The fraction of sp³-hybridized carbons (Fsp3) is 0.462. The Bertz CT molecular complexity index is 546. The average molecular weight is 295 g/mol. The molecular formula is C13H15BrN2O. The van der Waals surface area contributed by atoms with E-state index >= 15 is 0 Å². The molecular weight excluding hydrogens is 280 g/mol. The highest BCUT2D eigenvalue weighted by atomic mass is 79.9. The summed E-state index contributed by atoms with van der Waals surface area (Å²) in [5.41, 5.74) is 1.91. The maximum absolute atomic E-state index is 9.35. The van der Waals surface area contributed by atoms with Crippen LogP contribution in [0.25, 0.3) is 10.9 Å². The number of rotatable bonds is 3. The highest BCUT2D eigenvalue weighted by molar-refractivity contribution is 9.10. The van der Waals surface area contributed by atoms with E-state index < -0.39 is 0 Å². The Morgan fingerprint density at radius 3 is 2.88 bits per heavy atom. The molecule has 0 bridgehead atoms. The second kappa shape index (κ2) is 4.42. The zero-order valence-corrected chi connectivity index (χ0v) is 11.2. The van der Waals surface area contributed by atoms with Crippen molar-refractivity contribution in [2.45, 2.75) is 32.4 Å². The number of hydrogen-bond acceptors (Lipinski definition) is 2. The minimum absolute atomic E-state index is 0.00458. The van der Waals surface area contributed by atoms with Gasteiger partial charge >= 0.3 is 0 Å². The summed E-state index contributed by atoms with van der Waals surface area (Å²) in [5, 5.41) is 14.9. The molecule has 1 fully saturated rings. The van der Waals surface area contributed by atoms with Crippen LogP contribution in [-0.4, -0.2) is 14.9 Å². The van der Waals surface area contributed by atoms with E-state index in [1.807, 2.05) is 12.1 Å². The van der Waals surface area contributed by atoms with Crippen LogP contribution in [0.5, 0.6) is 0 Å². The predicted molar refractivity (Wildman–Crippen MR) is 70.7 cm³/mol. The van der Waals surface area contributed by atoms with Gasteiger partial charge in [0.1, 0.15) is 0 Å². The molecule has 90 valence electrons. The van der Waals surface area contributed by atoms with Gasteiger partial charge in [0, 0.05) is 16.4 Å². The van der Waals surface area contributed by atoms with Crippen molar-refractivity contribution in [3.05, 3.63) is 28.4 Å². The van der Waals surface area contributed by atoms with Crippen molar-refractivity contribution >= 4 is 26.8 Å². The van der Waals surface area contributed by atoms with E-state index in [9.17, 15) is 5.11 Å². The fourth-order valence-corrected chi connectivity index (χ4v) is 2.75. The van der Waals surface area contributed by atoms with E-state index in [0.29, 0.717) is 0 Å². The molecule has 3 nitrogen and oxygen atoms in total. The summed E-state index contributed by atoms with van der Waals surface area (Å²) in [6, 6.07) is 6.14. The Kier molecular flexibility index (Phi) is 2.92. The largest absolute Gasteiger partial charge is 0.390 e. The smallest absolute Gasteiger partial charge is 0.0957 e. The minimum atomic E-state index is 0.00458. The zero-order valence-electron chi connectivity index (χ0n) is 9.56. The van der Waals surface area contributed by atoms with Gasteiger partial charge in [-0.25, -0.2) is 0 Å². The first-order valence-corrected chi connectivity index (χ1v) is 6.83. The van der Waals surface area contributed by atoms with Gasteiger partial charge in [0.15, 0.2) is 0 Å². The lowest BCUT2D eigenvalue weighted by Gasteiger charge is -2.25. The molecule has 0 saturated heterocycles. The zero-order chi connectivity index (χ0) is 11.8. The lowest BCUT2D eigenvalue weighted by Crippen LogP contribution is -2.18. The Labute approximate surface area is 109 Å². The van der Waals surface area contributed by atoms with Gasteiger partial charge in [0.05, 0.1) is 17.8 Å². The summed E-state index contributed by atoms with van der Waals surface area (Å²) in [6.07, 6.45) is 3.97. The second-order valence-corrected chi connectivity index (χ2v) is 5.66. The quantitative estimate of drug-likeness (QED) is 0.945. The normalized spacial score (nSPS) is 16.4. The second-order valence-electron chi connectivity index (χ2n) is 4.75. The molecule has 4 heteroatoms.